The van der Waals surface area contributed by atoms with Gasteiger partial charge in [0.2, 0.25) is 0 Å². The number of anilines is 1. The summed E-state index contributed by atoms with van der Waals surface area (Å²) in [6.45, 7) is 4.22. The van der Waals surface area contributed by atoms with Gasteiger partial charge >= 0.3 is 0 Å². The lowest BCUT2D eigenvalue weighted by atomic mass is 10.1. The minimum Gasteiger partial charge on any atom is -0.377 e. The number of nitrogens with one attached hydrogen (secondary N) is 1. The Hall–Kier alpha value is -3.02. The number of hydrogen-bond donors (Lipinski definition) is 1. The number of fused-ring (bicyclic) bond motifs is 2. The molecule has 1 aliphatic heterocycles. The van der Waals surface area contributed by atoms with Gasteiger partial charge in [-0.25, -0.2) is 15.0 Å². The Kier molecular flexibility index (Phi) is 3.77. The van der Waals surface area contributed by atoms with Gasteiger partial charge in [0.1, 0.15) is 17.2 Å². The highest BCUT2D eigenvalue weighted by Gasteiger charge is 2.25. The van der Waals surface area contributed by atoms with Crippen LogP contribution in [0, 0.1) is 11.3 Å². The lowest BCUT2D eigenvalue weighted by Gasteiger charge is -2.34. The Morgan fingerprint density at radius 1 is 1.37 bits per heavy atom. The predicted molar refractivity (Wildman–Crippen MR) is 105 cm³/mol. The summed E-state index contributed by atoms with van der Waals surface area (Å²) in [7, 11) is 0. The van der Waals surface area contributed by atoms with E-state index < -0.39 is 0 Å². The van der Waals surface area contributed by atoms with Gasteiger partial charge in [0.05, 0.1) is 29.5 Å². The van der Waals surface area contributed by atoms with Gasteiger partial charge in [0.15, 0.2) is 11.6 Å². The molecule has 1 aliphatic rings. The molecule has 4 aromatic rings. The maximum absolute atomic E-state index is 9.53. The molecule has 0 radical (unpaired) electrons. The summed E-state index contributed by atoms with van der Waals surface area (Å²) >= 11 is 1.52. The first-order chi connectivity index (χ1) is 13.3. The summed E-state index contributed by atoms with van der Waals surface area (Å²) in [4.78, 5) is 19.4. The minimum absolute atomic E-state index is 0.210. The Morgan fingerprint density at radius 2 is 2.30 bits per heavy atom. The van der Waals surface area contributed by atoms with Crippen LogP contribution in [0.2, 0.25) is 0 Å². The molecule has 7 nitrogen and oxygen atoms in total. The van der Waals surface area contributed by atoms with E-state index in [-0.39, 0.29) is 6.04 Å². The molecule has 0 bridgehead atoms. The molecule has 1 fully saturated rings. The Morgan fingerprint density at radius 3 is 3.15 bits per heavy atom. The van der Waals surface area contributed by atoms with Crippen LogP contribution in [0.15, 0.2) is 29.9 Å². The molecule has 134 valence electrons. The molecule has 0 amide bonds. The molecule has 4 aromatic heterocycles. The lowest BCUT2D eigenvalue weighted by Crippen LogP contribution is -2.44. The van der Waals surface area contributed by atoms with E-state index in [1.807, 2.05) is 23.7 Å². The fraction of sp³-hybridized carbons (Fsp3) is 0.263. The molecule has 0 saturated carbocycles. The van der Waals surface area contributed by atoms with Crippen molar-refractivity contribution in [2.75, 3.05) is 24.7 Å². The Labute approximate surface area is 159 Å². The van der Waals surface area contributed by atoms with Crippen molar-refractivity contribution < 1.29 is 4.74 Å². The molecule has 0 spiro atoms. The smallest absolute Gasteiger partial charge is 0.163 e. The molecule has 5 rings (SSSR count). The normalized spacial score (nSPS) is 17.5. The minimum atomic E-state index is 0.210. The monoisotopic (exact) mass is 376 g/mol. The number of aromatic nitrogens is 4. The van der Waals surface area contributed by atoms with E-state index in [9.17, 15) is 5.26 Å². The first-order valence-corrected chi connectivity index (χ1v) is 9.60. The van der Waals surface area contributed by atoms with Crippen molar-refractivity contribution in [3.63, 3.8) is 0 Å². The van der Waals surface area contributed by atoms with Crippen LogP contribution in [-0.2, 0) is 4.74 Å². The number of rotatable bonds is 2. The van der Waals surface area contributed by atoms with Gasteiger partial charge in [0.25, 0.3) is 0 Å². The maximum atomic E-state index is 9.53. The van der Waals surface area contributed by atoms with Gasteiger partial charge in [-0.1, -0.05) is 0 Å². The quantitative estimate of drug-likeness (QED) is 0.577. The third-order valence-electron chi connectivity index (χ3n) is 4.86. The van der Waals surface area contributed by atoms with E-state index in [0.717, 1.165) is 33.7 Å². The van der Waals surface area contributed by atoms with Crippen LogP contribution in [0.3, 0.4) is 0 Å². The summed E-state index contributed by atoms with van der Waals surface area (Å²) in [6.07, 6.45) is 3.60. The van der Waals surface area contributed by atoms with Crippen LogP contribution in [0.25, 0.3) is 32.6 Å². The summed E-state index contributed by atoms with van der Waals surface area (Å²) in [6, 6.07) is 6.36. The average Bonchev–Trinajstić information content (AvgIpc) is 3.34. The standard InChI is InChI=1S/C19H16N6OS/c1-11-9-26-7-6-25(11)19-16-15(12(8-20)10-27-16)23-18(24-19)14-3-5-22-17-13(14)2-4-21-17/h2-5,10-11H,6-7,9H2,1H3,(H,21,22)/t11-/m1/s1. The van der Waals surface area contributed by atoms with Crippen molar-refractivity contribution in [3.8, 4) is 17.5 Å². The van der Waals surface area contributed by atoms with Crippen LogP contribution in [0.5, 0.6) is 0 Å². The largest absolute Gasteiger partial charge is 0.377 e. The molecular weight excluding hydrogens is 360 g/mol. The van der Waals surface area contributed by atoms with Gasteiger partial charge in [-0.2, -0.15) is 5.26 Å². The van der Waals surface area contributed by atoms with E-state index in [2.05, 4.69) is 27.9 Å². The molecule has 0 unspecified atom stereocenters. The van der Waals surface area contributed by atoms with Crippen LogP contribution < -0.4 is 4.90 Å². The maximum Gasteiger partial charge on any atom is 0.163 e. The van der Waals surface area contributed by atoms with Crippen LogP contribution >= 0.6 is 11.3 Å². The Bertz CT molecular complexity index is 1190. The molecule has 0 aromatic carbocycles. The number of hydrogen-bond acceptors (Lipinski definition) is 7. The molecule has 5 heterocycles. The van der Waals surface area contributed by atoms with Crippen LogP contribution in [0.4, 0.5) is 5.82 Å². The highest BCUT2D eigenvalue weighted by atomic mass is 32.1. The number of ether oxygens (including phenoxy) is 1. The molecule has 1 atom stereocenters. The summed E-state index contributed by atoms with van der Waals surface area (Å²) in [5.41, 5.74) is 2.99. The average molecular weight is 376 g/mol. The third kappa shape index (κ3) is 2.55. The summed E-state index contributed by atoms with van der Waals surface area (Å²) in [5, 5.41) is 12.3. The molecule has 1 saturated heterocycles. The van der Waals surface area contributed by atoms with Crippen molar-refractivity contribution in [2.45, 2.75) is 13.0 Å². The van der Waals surface area contributed by atoms with E-state index in [0.29, 0.717) is 30.1 Å². The molecular formula is C19H16N6OS. The topological polar surface area (TPSA) is 90.7 Å². The highest BCUT2D eigenvalue weighted by Crippen LogP contribution is 2.36. The zero-order valence-electron chi connectivity index (χ0n) is 14.6. The van der Waals surface area contributed by atoms with E-state index in [4.69, 9.17) is 14.7 Å². The third-order valence-corrected chi connectivity index (χ3v) is 5.82. The van der Waals surface area contributed by atoms with Gasteiger partial charge in [-0.15, -0.1) is 11.3 Å². The number of pyridine rings is 1. The fourth-order valence-corrected chi connectivity index (χ4v) is 4.43. The fourth-order valence-electron chi connectivity index (χ4n) is 3.50. The molecule has 1 N–H and O–H groups in total. The number of nitriles is 1. The summed E-state index contributed by atoms with van der Waals surface area (Å²) in [5.74, 6) is 1.48. The molecule has 0 aliphatic carbocycles. The SMILES string of the molecule is C[C@@H]1COCCN1c1nc(-c2ccnc3[nH]ccc23)nc2c(C#N)csc12. The predicted octanol–water partition coefficient (Wildman–Crippen LogP) is 3.33. The van der Waals surface area contributed by atoms with Gasteiger partial charge in [-0.05, 0) is 19.1 Å². The van der Waals surface area contributed by atoms with Crippen molar-refractivity contribution in [1.82, 2.24) is 19.9 Å². The second-order valence-corrected chi connectivity index (χ2v) is 7.41. The number of aromatic amines is 1. The van der Waals surface area contributed by atoms with Gasteiger partial charge in [-0.3, -0.25) is 0 Å². The lowest BCUT2D eigenvalue weighted by molar-refractivity contribution is 0.0987. The number of H-pyrrole nitrogens is 1. The van der Waals surface area contributed by atoms with Crippen molar-refractivity contribution in [2.24, 2.45) is 0 Å². The van der Waals surface area contributed by atoms with E-state index >= 15 is 0 Å². The number of morpholine rings is 1. The van der Waals surface area contributed by atoms with Crippen molar-refractivity contribution in [1.29, 1.82) is 5.26 Å². The zero-order chi connectivity index (χ0) is 18.4. The van der Waals surface area contributed by atoms with Crippen LogP contribution in [-0.4, -0.2) is 45.7 Å². The van der Waals surface area contributed by atoms with Crippen molar-refractivity contribution >= 4 is 38.4 Å². The summed E-state index contributed by atoms with van der Waals surface area (Å²) < 4.78 is 6.54. The van der Waals surface area contributed by atoms with Gasteiger partial charge in [0, 0.05) is 35.3 Å². The molecule has 8 heteroatoms. The number of thiophene rings is 1. The first-order valence-electron chi connectivity index (χ1n) is 8.72. The Balaban J connectivity index is 1.78. The van der Waals surface area contributed by atoms with E-state index in [1.54, 1.807) is 6.20 Å². The number of nitrogens with zero attached hydrogens (tertiary/aromatic N) is 5. The van der Waals surface area contributed by atoms with Crippen molar-refractivity contribution in [3.05, 3.63) is 35.5 Å². The second-order valence-electron chi connectivity index (χ2n) is 6.53. The van der Waals surface area contributed by atoms with Gasteiger partial charge < -0.3 is 14.6 Å². The first kappa shape index (κ1) is 16.2. The highest BCUT2D eigenvalue weighted by molar-refractivity contribution is 7.18. The van der Waals surface area contributed by atoms with Crippen LogP contribution in [0.1, 0.15) is 12.5 Å². The van der Waals surface area contributed by atoms with E-state index in [1.165, 1.54) is 11.3 Å². The molecule has 27 heavy (non-hydrogen) atoms. The zero-order valence-corrected chi connectivity index (χ0v) is 15.5. The second kappa shape index (κ2) is 6.30.